The van der Waals surface area contributed by atoms with Crippen molar-refractivity contribution in [2.24, 2.45) is 0 Å². The molecular weight excluding hydrogens is 517 g/mol. The van der Waals surface area contributed by atoms with Crippen molar-refractivity contribution in [1.29, 1.82) is 0 Å². The minimum Gasteiger partial charge on any atom is -0.350 e. The summed E-state index contributed by atoms with van der Waals surface area (Å²) in [5, 5.41) is 17.3. The van der Waals surface area contributed by atoms with Crippen molar-refractivity contribution in [1.82, 2.24) is 30.5 Å². The minimum absolute atomic E-state index is 0.158. The number of carbonyl (C=O) groups is 2. The molecule has 0 saturated carbocycles. The monoisotopic (exact) mass is 541 g/mol. The van der Waals surface area contributed by atoms with Crippen LogP contribution in [0.25, 0.3) is 10.7 Å². The van der Waals surface area contributed by atoms with Gasteiger partial charge >= 0.3 is 0 Å². The Morgan fingerprint density at radius 2 is 1.85 bits per heavy atom. The second-order valence-corrected chi connectivity index (χ2v) is 9.70. The van der Waals surface area contributed by atoms with Crippen LogP contribution < -0.4 is 10.2 Å². The van der Waals surface area contributed by atoms with E-state index in [-0.39, 0.29) is 18.9 Å². The number of benzene rings is 2. The standard InChI is InChI=1S/C28H24FN7O2S/c1-19-4-2-5-23(16-19)36(25(37)18-35-33-27(32-34-35)24-6-3-15-39-24)26(21-11-13-30-14-12-21)28(38)31-17-20-7-9-22(29)10-8-20/h2-16,26H,17-18H2,1H3,(H,31,38). The largest absolute Gasteiger partial charge is 0.350 e. The zero-order valence-electron chi connectivity index (χ0n) is 20.9. The highest BCUT2D eigenvalue weighted by atomic mass is 32.1. The Kier molecular flexibility index (Phi) is 7.78. The first-order chi connectivity index (χ1) is 19.0. The van der Waals surface area contributed by atoms with Gasteiger partial charge in [0.25, 0.3) is 5.91 Å². The molecule has 0 saturated heterocycles. The molecule has 0 radical (unpaired) electrons. The van der Waals surface area contributed by atoms with Gasteiger partial charge in [-0.15, -0.1) is 21.5 Å². The van der Waals surface area contributed by atoms with Gasteiger partial charge in [-0.05, 0) is 76.7 Å². The second-order valence-electron chi connectivity index (χ2n) is 8.75. The van der Waals surface area contributed by atoms with E-state index in [1.54, 1.807) is 42.7 Å². The van der Waals surface area contributed by atoms with Crippen LogP contribution in [-0.4, -0.2) is 37.0 Å². The number of hydrogen-bond donors (Lipinski definition) is 1. The molecule has 11 heteroatoms. The SMILES string of the molecule is Cc1cccc(N(C(=O)Cn2nnc(-c3cccs3)n2)C(C(=O)NCc2ccc(F)cc2)c2ccncc2)c1. The number of pyridine rings is 1. The van der Waals surface area contributed by atoms with Gasteiger partial charge in [-0.1, -0.05) is 30.3 Å². The summed E-state index contributed by atoms with van der Waals surface area (Å²) in [4.78, 5) is 35.2. The number of thiophene rings is 1. The molecule has 1 atom stereocenters. The van der Waals surface area contributed by atoms with Crippen LogP contribution in [0.5, 0.6) is 0 Å². The van der Waals surface area contributed by atoms with Gasteiger partial charge in [0.1, 0.15) is 18.4 Å². The molecule has 196 valence electrons. The summed E-state index contributed by atoms with van der Waals surface area (Å²) in [5.41, 5.74) is 2.75. The van der Waals surface area contributed by atoms with Crippen LogP contribution in [-0.2, 0) is 22.7 Å². The normalized spacial score (nSPS) is 11.6. The maximum Gasteiger partial charge on any atom is 0.251 e. The molecule has 3 heterocycles. The van der Waals surface area contributed by atoms with Crippen molar-refractivity contribution in [2.45, 2.75) is 26.1 Å². The highest BCUT2D eigenvalue weighted by molar-refractivity contribution is 7.13. The lowest BCUT2D eigenvalue weighted by Crippen LogP contribution is -2.45. The number of aryl methyl sites for hydroxylation is 1. The smallest absolute Gasteiger partial charge is 0.251 e. The van der Waals surface area contributed by atoms with E-state index in [1.165, 1.54) is 33.2 Å². The number of hydrogen-bond acceptors (Lipinski definition) is 7. The van der Waals surface area contributed by atoms with E-state index in [0.29, 0.717) is 17.1 Å². The third-order valence-corrected chi connectivity index (χ3v) is 6.79. The molecule has 1 unspecified atom stereocenters. The van der Waals surface area contributed by atoms with Crippen LogP contribution in [0.1, 0.15) is 22.7 Å². The topological polar surface area (TPSA) is 106 Å². The Morgan fingerprint density at radius 1 is 1.05 bits per heavy atom. The van der Waals surface area contributed by atoms with Crippen LogP contribution in [0.15, 0.2) is 90.6 Å². The summed E-state index contributed by atoms with van der Waals surface area (Å²) >= 11 is 1.47. The molecule has 2 aromatic carbocycles. The third kappa shape index (κ3) is 6.21. The molecule has 39 heavy (non-hydrogen) atoms. The minimum atomic E-state index is -1.02. The van der Waals surface area contributed by atoms with Crippen molar-refractivity contribution in [3.05, 3.63) is 113 Å². The van der Waals surface area contributed by atoms with Crippen molar-refractivity contribution in [3.8, 4) is 10.7 Å². The van der Waals surface area contributed by atoms with Crippen LogP contribution in [0.2, 0.25) is 0 Å². The lowest BCUT2D eigenvalue weighted by atomic mass is 10.0. The number of halogens is 1. The van der Waals surface area contributed by atoms with E-state index in [0.717, 1.165) is 16.0 Å². The Labute approximate surface area is 227 Å². The van der Waals surface area contributed by atoms with E-state index in [4.69, 9.17) is 0 Å². The van der Waals surface area contributed by atoms with Gasteiger partial charge in [-0.25, -0.2) is 4.39 Å². The Morgan fingerprint density at radius 3 is 2.56 bits per heavy atom. The second kappa shape index (κ2) is 11.7. The summed E-state index contributed by atoms with van der Waals surface area (Å²) in [6.45, 7) is 1.83. The number of anilines is 1. The van der Waals surface area contributed by atoms with Gasteiger partial charge in [0.2, 0.25) is 11.7 Å². The molecule has 0 aliphatic carbocycles. The summed E-state index contributed by atoms with van der Waals surface area (Å²) in [5.74, 6) is -0.761. The van der Waals surface area contributed by atoms with Gasteiger partial charge in [0.15, 0.2) is 0 Å². The predicted molar refractivity (Wildman–Crippen MR) is 145 cm³/mol. The molecule has 0 fully saturated rings. The van der Waals surface area contributed by atoms with Gasteiger partial charge in [-0.3, -0.25) is 19.5 Å². The zero-order valence-corrected chi connectivity index (χ0v) is 21.8. The molecule has 0 spiro atoms. The zero-order chi connectivity index (χ0) is 27.2. The van der Waals surface area contributed by atoms with Crippen molar-refractivity contribution in [3.63, 3.8) is 0 Å². The summed E-state index contributed by atoms with van der Waals surface area (Å²) < 4.78 is 13.4. The molecule has 1 N–H and O–H groups in total. The fourth-order valence-electron chi connectivity index (χ4n) is 4.08. The van der Waals surface area contributed by atoms with Gasteiger partial charge < -0.3 is 5.32 Å². The van der Waals surface area contributed by atoms with Gasteiger partial charge in [0, 0.05) is 24.6 Å². The van der Waals surface area contributed by atoms with Gasteiger partial charge in [0.05, 0.1) is 4.88 Å². The number of amides is 2. The van der Waals surface area contributed by atoms with Crippen LogP contribution >= 0.6 is 11.3 Å². The van der Waals surface area contributed by atoms with E-state index in [9.17, 15) is 14.0 Å². The third-order valence-electron chi connectivity index (χ3n) is 5.93. The van der Waals surface area contributed by atoms with Crippen LogP contribution in [0, 0.1) is 12.7 Å². The Bertz CT molecular complexity index is 1560. The first kappa shape index (κ1) is 25.9. The number of aromatic nitrogens is 5. The number of nitrogens with zero attached hydrogens (tertiary/aromatic N) is 6. The average molecular weight is 542 g/mol. The highest BCUT2D eigenvalue weighted by Gasteiger charge is 2.33. The molecular formula is C28H24FN7O2S. The van der Waals surface area contributed by atoms with E-state index < -0.39 is 17.9 Å². The molecule has 0 bridgehead atoms. The Hall–Kier alpha value is -4.77. The molecule has 2 amide bonds. The lowest BCUT2D eigenvalue weighted by Gasteiger charge is -2.31. The molecule has 3 aromatic heterocycles. The Balaban J connectivity index is 1.48. The molecule has 0 aliphatic rings. The van der Waals surface area contributed by atoms with E-state index >= 15 is 0 Å². The molecule has 9 nitrogen and oxygen atoms in total. The maximum atomic E-state index is 13.9. The van der Waals surface area contributed by atoms with Gasteiger partial charge in [-0.2, -0.15) is 4.80 Å². The maximum absolute atomic E-state index is 13.9. The fraction of sp³-hybridized carbons (Fsp3) is 0.143. The molecule has 5 aromatic rings. The van der Waals surface area contributed by atoms with Crippen molar-refractivity contribution < 1.29 is 14.0 Å². The summed E-state index contributed by atoms with van der Waals surface area (Å²) in [7, 11) is 0. The fourth-order valence-corrected chi connectivity index (χ4v) is 4.73. The summed E-state index contributed by atoms with van der Waals surface area (Å²) in [6, 6.07) is 19.3. The number of carbonyl (C=O) groups excluding carboxylic acids is 2. The first-order valence-electron chi connectivity index (χ1n) is 12.1. The lowest BCUT2D eigenvalue weighted by molar-refractivity contribution is -0.127. The predicted octanol–water partition coefficient (Wildman–Crippen LogP) is 4.34. The molecule has 5 rings (SSSR count). The first-order valence-corrected chi connectivity index (χ1v) is 13.0. The summed E-state index contributed by atoms with van der Waals surface area (Å²) in [6.07, 6.45) is 3.14. The van der Waals surface area contributed by atoms with E-state index in [2.05, 4.69) is 25.7 Å². The van der Waals surface area contributed by atoms with Crippen LogP contribution in [0.4, 0.5) is 10.1 Å². The van der Waals surface area contributed by atoms with Crippen LogP contribution in [0.3, 0.4) is 0 Å². The van der Waals surface area contributed by atoms with E-state index in [1.807, 2.05) is 42.6 Å². The van der Waals surface area contributed by atoms with Crippen molar-refractivity contribution >= 4 is 28.8 Å². The number of tetrazole rings is 1. The average Bonchev–Trinajstić information content (AvgIpc) is 3.64. The number of rotatable bonds is 9. The quantitative estimate of drug-likeness (QED) is 0.298. The molecule has 0 aliphatic heterocycles. The highest BCUT2D eigenvalue weighted by Crippen LogP contribution is 2.29. The number of nitrogens with one attached hydrogen (secondary N) is 1. The van der Waals surface area contributed by atoms with Crippen molar-refractivity contribution in [2.75, 3.05) is 4.90 Å².